The van der Waals surface area contributed by atoms with Crippen molar-refractivity contribution in [3.63, 3.8) is 0 Å². The summed E-state index contributed by atoms with van der Waals surface area (Å²) in [7, 11) is 1.74. The quantitative estimate of drug-likeness (QED) is 0.887. The van der Waals surface area contributed by atoms with Gasteiger partial charge in [0.2, 0.25) is 0 Å². The lowest BCUT2D eigenvalue weighted by Crippen LogP contribution is -2.51. The number of benzene rings is 1. The minimum Gasteiger partial charge on any atom is -0.497 e. The van der Waals surface area contributed by atoms with E-state index >= 15 is 0 Å². The topological polar surface area (TPSA) is 33.6 Å². The van der Waals surface area contributed by atoms with Gasteiger partial charge in [-0.3, -0.25) is 4.99 Å². The summed E-state index contributed by atoms with van der Waals surface area (Å²) in [6, 6.07) is 8.55. The molecule has 0 saturated heterocycles. The van der Waals surface area contributed by atoms with Gasteiger partial charge in [0.1, 0.15) is 5.75 Å². The van der Waals surface area contributed by atoms with Crippen LogP contribution in [0.5, 0.6) is 5.75 Å². The summed E-state index contributed by atoms with van der Waals surface area (Å²) in [5, 5.41) is 3.91. The SMILES string of the molecule is COc1cccc(CC2(NC3=NCCCCC3)CCCCC2)c1. The van der Waals surface area contributed by atoms with Crippen LogP contribution >= 0.6 is 0 Å². The van der Waals surface area contributed by atoms with E-state index in [-0.39, 0.29) is 5.54 Å². The number of aliphatic imine (C=N–C) groups is 1. The van der Waals surface area contributed by atoms with Crippen molar-refractivity contribution in [2.45, 2.75) is 69.7 Å². The molecule has 3 nitrogen and oxygen atoms in total. The first kappa shape index (κ1) is 16.4. The van der Waals surface area contributed by atoms with Crippen LogP contribution in [0.4, 0.5) is 0 Å². The van der Waals surface area contributed by atoms with Crippen molar-refractivity contribution in [1.82, 2.24) is 5.32 Å². The van der Waals surface area contributed by atoms with Crippen molar-refractivity contribution < 1.29 is 4.74 Å². The van der Waals surface area contributed by atoms with Crippen molar-refractivity contribution in [3.05, 3.63) is 29.8 Å². The van der Waals surface area contributed by atoms with E-state index in [9.17, 15) is 0 Å². The first-order valence-electron chi connectivity index (χ1n) is 9.24. The van der Waals surface area contributed by atoms with E-state index in [2.05, 4.69) is 23.5 Å². The molecule has 1 aliphatic heterocycles. The van der Waals surface area contributed by atoms with Gasteiger partial charge in [-0.1, -0.05) is 37.8 Å². The van der Waals surface area contributed by atoms with Gasteiger partial charge in [-0.2, -0.15) is 0 Å². The van der Waals surface area contributed by atoms with Crippen LogP contribution in [-0.4, -0.2) is 25.0 Å². The summed E-state index contributed by atoms with van der Waals surface area (Å²) >= 11 is 0. The van der Waals surface area contributed by atoms with E-state index < -0.39 is 0 Å². The zero-order valence-corrected chi connectivity index (χ0v) is 14.4. The molecular formula is C20H30N2O. The number of hydrogen-bond acceptors (Lipinski definition) is 3. The second-order valence-corrected chi connectivity index (χ2v) is 7.13. The number of amidine groups is 1. The number of nitrogens with zero attached hydrogens (tertiary/aromatic N) is 1. The van der Waals surface area contributed by atoms with E-state index in [1.54, 1.807) is 7.11 Å². The molecule has 0 radical (unpaired) electrons. The molecule has 1 aromatic rings. The number of nitrogens with one attached hydrogen (secondary N) is 1. The fourth-order valence-electron chi connectivity index (χ4n) is 4.03. The minimum absolute atomic E-state index is 0.188. The van der Waals surface area contributed by atoms with Gasteiger partial charge in [0.25, 0.3) is 0 Å². The monoisotopic (exact) mass is 314 g/mol. The summed E-state index contributed by atoms with van der Waals surface area (Å²) < 4.78 is 5.40. The maximum atomic E-state index is 5.40. The minimum atomic E-state index is 0.188. The van der Waals surface area contributed by atoms with E-state index in [1.165, 1.54) is 62.8 Å². The molecule has 1 fully saturated rings. The highest BCUT2D eigenvalue weighted by Crippen LogP contribution is 2.32. The molecule has 1 aromatic carbocycles. The number of hydrogen-bond donors (Lipinski definition) is 1. The summed E-state index contributed by atoms with van der Waals surface area (Å²) in [6.45, 7) is 0.998. The highest BCUT2D eigenvalue weighted by atomic mass is 16.5. The van der Waals surface area contributed by atoms with Crippen molar-refractivity contribution in [3.8, 4) is 5.75 Å². The molecule has 0 unspecified atom stereocenters. The van der Waals surface area contributed by atoms with Gasteiger partial charge in [0, 0.05) is 18.5 Å². The van der Waals surface area contributed by atoms with Gasteiger partial charge in [0.05, 0.1) is 12.9 Å². The Hall–Kier alpha value is -1.51. The van der Waals surface area contributed by atoms with Crippen LogP contribution in [-0.2, 0) is 6.42 Å². The molecule has 1 saturated carbocycles. The summed E-state index contributed by atoms with van der Waals surface area (Å²) in [5.74, 6) is 2.22. The molecule has 0 spiro atoms. The standard InChI is InChI=1S/C20H30N2O/c1-23-18-10-8-9-17(15-18)16-20(12-5-3-6-13-20)22-19-11-4-2-7-14-21-19/h8-10,15H,2-7,11-14,16H2,1H3,(H,21,22). The van der Waals surface area contributed by atoms with Crippen molar-refractivity contribution in [2.24, 2.45) is 4.99 Å². The third-order valence-corrected chi connectivity index (χ3v) is 5.27. The average Bonchev–Trinajstić information content (AvgIpc) is 2.84. The Morgan fingerprint density at radius 3 is 2.74 bits per heavy atom. The molecule has 1 heterocycles. The molecule has 0 amide bonds. The lowest BCUT2D eigenvalue weighted by molar-refractivity contribution is 0.261. The highest BCUT2D eigenvalue weighted by Gasteiger charge is 2.33. The average molecular weight is 314 g/mol. The zero-order valence-electron chi connectivity index (χ0n) is 14.4. The fraction of sp³-hybridized carbons (Fsp3) is 0.650. The molecule has 3 heteroatoms. The number of ether oxygens (including phenoxy) is 1. The van der Waals surface area contributed by atoms with Crippen molar-refractivity contribution >= 4 is 5.84 Å². The van der Waals surface area contributed by atoms with Crippen LogP contribution in [0.15, 0.2) is 29.3 Å². The molecule has 126 valence electrons. The fourth-order valence-corrected chi connectivity index (χ4v) is 4.03. The summed E-state index contributed by atoms with van der Waals surface area (Å²) in [6.07, 6.45) is 12.6. The van der Waals surface area contributed by atoms with Crippen LogP contribution in [0.1, 0.15) is 63.4 Å². The number of rotatable bonds is 4. The highest BCUT2D eigenvalue weighted by molar-refractivity contribution is 5.83. The van der Waals surface area contributed by atoms with E-state index in [4.69, 9.17) is 9.73 Å². The van der Waals surface area contributed by atoms with E-state index in [1.807, 2.05) is 6.07 Å². The lowest BCUT2D eigenvalue weighted by atomic mass is 9.77. The largest absolute Gasteiger partial charge is 0.497 e. The predicted molar refractivity (Wildman–Crippen MR) is 96.4 cm³/mol. The second-order valence-electron chi connectivity index (χ2n) is 7.13. The molecule has 0 bridgehead atoms. The van der Waals surface area contributed by atoms with Gasteiger partial charge >= 0.3 is 0 Å². The van der Waals surface area contributed by atoms with E-state index in [0.29, 0.717) is 0 Å². The van der Waals surface area contributed by atoms with Crippen LogP contribution in [0.2, 0.25) is 0 Å². The molecule has 23 heavy (non-hydrogen) atoms. The van der Waals surface area contributed by atoms with Crippen LogP contribution < -0.4 is 10.1 Å². The lowest BCUT2D eigenvalue weighted by Gasteiger charge is -2.39. The first-order chi connectivity index (χ1) is 11.3. The maximum absolute atomic E-state index is 5.40. The molecule has 0 atom stereocenters. The van der Waals surface area contributed by atoms with Crippen LogP contribution in [0.25, 0.3) is 0 Å². The Morgan fingerprint density at radius 2 is 1.91 bits per heavy atom. The Morgan fingerprint density at radius 1 is 1.09 bits per heavy atom. The third-order valence-electron chi connectivity index (χ3n) is 5.27. The molecule has 1 N–H and O–H groups in total. The summed E-state index contributed by atoms with van der Waals surface area (Å²) in [4.78, 5) is 4.82. The Balaban J connectivity index is 1.76. The Labute approximate surface area is 140 Å². The van der Waals surface area contributed by atoms with Crippen molar-refractivity contribution in [1.29, 1.82) is 0 Å². The predicted octanol–water partition coefficient (Wildman–Crippen LogP) is 4.50. The zero-order chi connectivity index (χ0) is 16.0. The normalized spacial score (nSPS) is 21.2. The first-order valence-corrected chi connectivity index (χ1v) is 9.24. The third kappa shape index (κ3) is 4.49. The van der Waals surface area contributed by atoms with Gasteiger partial charge < -0.3 is 10.1 Å². The molecule has 1 aliphatic carbocycles. The molecular weight excluding hydrogens is 284 g/mol. The van der Waals surface area contributed by atoms with Gasteiger partial charge in [-0.05, 0) is 49.8 Å². The maximum Gasteiger partial charge on any atom is 0.119 e. The molecule has 3 rings (SSSR count). The molecule has 2 aliphatic rings. The van der Waals surface area contributed by atoms with Crippen molar-refractivity contribution in [2.75, 3.05) is 13.7 Å². The van der Waals surface area contributed by atoms with E-state index in [0.717, 1.165) is 25.1 Å². The Kier molecular flexibility index (Phi) is 5.58. The van der Waals surface area contributed by atoms with Crippen LogP contribution in [0, 0.1) is 0 Å². The van der Waals surface area contributed by atoms with Gasteiger partial charge in [0.15, 0.2) is 0 Å². The smallest absolute Gasteiger partial charge is 0.119 e. The second kappa shape index (κ2) is 7.85. The van der Waals surface area contributed by atoms with Crippen LogP contribution in [0.3, 0.4) is 0 Å². The molecule has 0 aromatic heterocycles. The van der Waals surface area contributed by atoms with Gasteiger partial charge in [-0.25, -0.2) is 0 Å². The van der Waals surface area contributed by atoms with Gasteiger partial charge in [-0.15, -0.1) is 0 Å². The summed E-state index contributed by atoms with van der Waals surface area (Å²) in [5.41, 5.74) is 1.56. The Bertz CT molecular complexity index is 532. The number of methoxy groups -OCH3 is 1.